The molecule has 0 aromatic heterocycles. The molecule has 1 aromatic carbocycles. The van der Waals surface area contributed by atoms with Gasteiger partial charge in [-0.3, -0.25) is 0 Å². The van der Waals surface area contributed by atoms with Crippen LogP contribution in [0.5, 0.6) is 5.75 Å². The zero-order valence-corrected chi connectivity index (χ0v) is 11.0. The number of ether oxygens (including phenoxy) is 1. The van der Waals surface area contributed by atoms with Gasteiger partial charge in [0.1, 0.15) is 5.75 Å². The van der Waals surface area contributed by atoms with E-state index in [4.69, 9.17) is 10.5 Å². The molecule has 2 aliphatic rings. The fraction of sp³-hybridized carbons (Fsp3) is 0.600. The minimum absolute atomic E-state index is 0.176. The molecular formula is C15H22N2O. The van der Waals surface area contributed by atoms with Gasteiger partial charge in [-0.25, -0.2) is 0 Å². The van der Waals surface area contributed by atoms with Gasteiger partial charge >= 0.3 is 0 Å². The number of rotatable bonds is 1. The van der Waals surface area contributed by atoms with E-state index in [1.807, 2.05) is 6.07 Å². The predicted molar refractivity (Wildman–Crippen MR) is 73.9 cm³/mol. The third-order valence-corrected chi connectivity index (χ3v) is 4.49. The molecule has 3 heteroatoms. The molecule has 0 radical (unpaired) electrons. The molecule has 1 heterocycles. The van der Waals surface area contributed by atoms with E-state index in [2.05, 4.69) is 17.4 Å². The quantitative estimate of drug-likeness (QED) is 0.800. The van der Waals surface area contributed by atoms with E-state index in [9.17, 15) is 0 Å². The summed E-state index contributed by atoms with van der Waals surface area (Å²) >= 11 is 0. The molecule has 3 rings (SSSR count). The molecule has 1 fully saturated rings. The number of benzene rings is 1. The van der Waals surface area contributed by atoms with Gasteiger partial charge in [-0.1, -0.05) is 25.3 Å². The second-order valence-electron chi connectivity index (χ2n) is 5.53. The third-order valence-electron chi connectivity index (χ3n) is 4.49. The Morgan fingerprint density at radius 1 is 1.22 bits per heavy atom. The topological polar surface area (TPSA) is 47.3 Å². The van der Waals surface area contributed by atoms with Crippen LogP contribution in [0, 0.1) is 5.92 Å². The van der Waals surface area contributed by atoms with E-state index < -0.39 is 0 Å². The van der Waals surface area contributed by atoms with Gasteiger partial charge in [0, 0.05) is 23.8 Å². The number of hydrogen-bond acceptors (Lipinski definition) is 3. The van der Waals surface area contributed by atoms with E-state index >= 15 is 0 Å². The van der Waals surface area contributed by atoms with Gasteiger partial charge in [0.05, 0.1) is 7.11 Å². The number of methoxy groups -OCH3 is 1. The van der Waals surface area contributed by atoms with Crippen molar-refractivity contribution in [3.63, 3.8) is 0 Å². The van der Waals surface area contributed by atoms with E-state index in [0.29, 0.717) is 12.0 Å². The summed E-state index contributed by atoms with van der Waals surface area (Å²) in [5.41, 5.74) is 8.90. The largest absolute Gasteiger partial charge is 0.497 e. The van der Waals surface area contributed by atoms with Crippen LogP contribution in [-0.4, -0.2) is 13.2 Å². The first-order valence-corrected chi connectivity index (χ1v) is 6.99. The Hall–Kier alpha value is -1.22. The molecule has 3 unspecified atom stereocenters. The Morgan fingerprint density at radius 3 is 2.89 bits per heavy atom. The summed E-state index contributed by atoms with van der Waals surface area (Å²) in [6, 6.07) is 6.93. The summed E-state index contributed by atoms with van der Waals surface area (Å²) in [5.74, 6) is 1.49. The predicted octanol–water partition coefficient (Wildman–Crippen LogP) is 3.07. The number of fused-ring (bicyclic) bond motifs is 2. The van der Waals surface area contributed by atoms with Crippen LogP contribution in [0.25, 0.3) is 0 Å². The average molecular weight is 246 g/mol. The smallest absolute Gasteiger partial charge is 0.120 e. The van der Waals surface area contributed by atoms with Crippen LogP contribution in [0.4, 0.5) is 5.69 Å². The zero-order chi connectivity index (χ0) is 12.5. The van der Waals surface area contributed by atoms with Gasteiger partial charge in [-0.2, -0.15) is 0 Å². The first-order valence-electron chi connectivity index (χ1n) is 6.99. The van der Waals surface area contributed by atoms with Crippen LogP contribution in [0.1, 0.15) is 43.7 Å². The van der Waals surface area contributed by atoms with Gasteiger partial charge in [0.25, 0.3) is 0 Å². The van der Waals surface area contributed by atoms with Gasteiger partial charge in [-0.05, 0) is 30.4 Å². The lowest BCUT2D eigenvalue weighted by molar-refractivity contribution is 0.339. The third kappa shape index (κ3) is 1.97. The first-order chi connectivity index (χ1) is 8.79. The second-order valence-corrected chi connectivity index (χ2v) is 5.53. The van der Waals surface area contributed by atoms with Gasteiger partial charge in [0.2, 0.25) is 0 Å². The second kappa shape index (κ2) is 4.81. The maximum Gasteiger partial charge on any atom is 0.120 e. The Morgan fingerprint density at radius 2 is 2.06 bits per heavy atom. The van der Waals surface area contributed by atoms with Gasteiger partial charge < -0.3 is 15.8 Å². The molecule has 1 aliphatic heterocycles. The monoisotopic (exact) mass is 246 g/mol. The number of hydrogen-bond donors (Lipinski definition) is 2. The van der Waals surface area contributed by atoms with Crippen LogP contribution >= 0.6 is 0 Å². The Kier molecular flexibility index (Phi) is 3.16. The van der Waals surface area contributed by atoms with E-state index in [1.54, 1.807) is 7.11 Å². The van der Waals surface area contributed by atoms with Crippen molar-refractivity contribution in [1.29, 1.82) is 0 Å². The van der Waals surface area contributed by atoms with E-state index in [0.717, 1.165) is 5.75 Å². The fourth-order valence-corrected chi connectivity index (χ4v) is 3.45. The summed E-state index contributed by atoms with van der Waals surface area (Å²) in [5, 5.41) is 3.68. The van der Waals surface area contributed by atoms with Crippen LogP contribution < -0.4 is 15.8 Å². The van der Waals surface area contributed by atoms with Crippen molar-refractivity contribution in [1.82, 2.24) is 0 Å². The molecule has 98 valence electrons. The first kappa shape index (κ1) is 11.8. The number of anilines is 1. The highest BCUT2D eigenvalue weighted by molar-refractivity contribution is 5.59. The zero-order valence-electron chi connectivity index (χ0n) is 11.0. The Balaban J connectivity index is 1.94. The van der Waals surface area contributed by atoms with Crippen molar-refractivity contribution in [3.8, 4) is 5.75 Å². The molecule has 3 nitrogen and oxygen atoms in total. The van der Waals surface area contributed by atoms with Crippen molar-refractivity contribution in [2.45, 2.75) is 44.2 Å². The molecule has 1 aromatic rings. The summed E-state index contributed by atoms with van der Waals surface area (Å²) in [6.07, 6.45) is 6.49. The van der Waals surface area contributed by atoms with E-state index in [1.165, 1.54) is 43.4 Å². The van der Waals surface area contributed by atoms with Gasteiger partial charge in [0.15, 0.2) is 0 Å². The highest BCUT2D eigenvalue weighted by Gasteiger charge is 2.34. The molecule has 0 saturated heterocycles. The Labute approximate surface area is 109 Å². The standard InChI is InChI=1S/C15H22N2O/c1-18-10-7-8-12-14(9-10)17-13-6-4-2-3-5-11(13)15(12)16/h7-9,11,13,15,17H,2-6,16H2,1H3. The van der Waals surface area contributed by atoms with Crippen molar-refractivity contribution in [2.24, 2.45) is 11.7 Å². The van der Waals surface area contributed by atoms with Crippen LogP contribution in [0.3, 0.4) is 0 Å². The summed E-state index contributed by atoms with van der Waals surface area (Å²) in [6.45, 7) is 0. The van der Waals surface area contributed by atoms with E-state index in [-0.39, 0.29) is 6.04 Å². The van der Waals surface area contributed by atoms with Crippen LogP contribution in [0.15, 0.2) is 18.2 Å². The van der Waals surface area contributed by atoms with Gasteiger partial charge in [-0.15, -0.1) is 0 Å². The van der Waals surface area contributed by atoms with Crippen LogP contribution in [0.2, 0.25) is 0 Å². The number of nitrogens with one attached hydrogen (secondary N) is 1. The molecule has 0 spiro atoms. The minimum atomic E-state index is 0.176. The molecule has 3 atom stereocenters. The molecule has 3 N–H and O–H groups in total. The molecule has 0 bridgehead atoms. The molecule has 0 amide bonds. The summed E-state index contributed by atoms with van der Waals surface area (Å²) in [4.78, 5) is 0. The van der Waals surface area contributed by atoms with Crippen molar-refractivity contribution < 1.29 is 4.74 Å². The average Bonchev–Trinajstić information content (AvgIpc) is 2.63. The molecular weight excluding hydrogens is 224 g/mol. The fourth-order valence-electron chi connectivity index (χ4n) is 3.45. The Bertz CT molecular complexity index is 433. The summed E-state index contributed by atoms with van der Waals surface area (Å²) in [7, 11) is 1.71. The lowest BCUT2D eigenvalue weighted by Crippen LogP contribution is -2.40. The lowest BCUT2D eigenvalue weighted by atomic mass is 9.80. The maximum absolute atomic E-state index is 6.48. The molecule has 1 saturated carbocycles. The normalized spacial score (nSPS) is 30.7. The van der Waals surface area contributed by atoms with Crippen molar-refractivity contribution in [2.75, 3.05) is 12.4 Å². The molecule has 18 heavy (non-hydrogen) atoms. The maximum atomic E-state index is 6.48. The summed E-state index contributed by atoms with van der Waals surface area (Å²) < 4.78 is 5.30. The van der Waals surface area contributed by atoms with Crippen molar-refractivity contribution >= 4 is 5.69 Å². The lowest BCUT2D eigenvalue weighted by Gasteiger charge is -2.38. The molecule has 1 aliphatic carbocycles. The van der Waals surface area contributed by atoms with Crippen LogP contribution in [-0.2, 0) is 0 Å². The highest BCUT2D eigenvalue weighted by Crippen LogP contribution is 2.42. The van der Waals surface area contributed by atoms with Crippen molar-refractivity contribution in [3.05, 3.63) is 23.8 Å². The highest BCUT2D eigenvalue weighted by atomic mass is 16.5. The SMILES string of the molecule is COc1ccc2c(c1)NC1CCCCCC1C2N. The minimum Gasteiger partial charge on any atom is -0.497 e. The number of nitrogens with two attached hydrogens (primary N) is 1.